The van der Waals surface area contributed by atoms with Crippen molar-refractivity contribution in [3.8, 4) is 5.75 Å². The Kier molecular flexibility index (Phi) is 6.21. The Morgan fingerprint density at radius 3 is 2.56 bits per heavy atom. The van der Waals surface area contributed by atoms with Gasteiger partial charge in [0.2, 0.25) is 5.75 Å². The second-order valence-corrected chi connectivity index (χ2v) is 6.05. The maximum absolute atomic E-state index is 10.9. The molecule has 2 aromatic carbocycles. The minimum atomic E-state index is -0.928. The largest absolute Gasteiger partial charge is 0.502 e. The number of hydrogen-bond acceptors (Lipinski definition) is 7. The third kappa shape index (κ3) is 5.09. The van der Waals surface area contributed by atoms with E-state index in [0.29, 0.717) is 16.8 Å². The van der Waals surface area contributed by atoms with Gasteiger partial charge in [0.15, 0.2) is 5.11 Å². The number of benzene rings is 2. The maximum Gasteiger partial charge on any atom is 0.318 e. The van der Waals surface area contributed by atoms with E-state index in [2.05, 4.69) is 15.8 Å². The highest BCUT2D eigenvalue weighted by Gasteiger charge is 2.23. The Labute approximate surface area is 162 Å². The first-order valence-electron chi connectivity index (χ1n) is 7.21. The van der Waals surface area contributed by atoms with E-state index in [-0.39, 0.29) is 10.7 Å². The fraction of sp³-hybridized carbons (Fsp3) is 0.0667. The zero-order valence-electron chi connectivity index (χ0n) is 13.7. The third-order valence-corrected chi connectivity index (χ3v) is 3.75. The van der Waals surface area contributed by atoms with Crippen molar-refractivity contribution in [2.45, 2.75) is 6.92 Å². The lowest BCUT2D eigenvalue weighted by molar-refractivity contribution is -0.394. The summed E-state index contributed by atoms with van der Waals surface area (Å²) >= 11 is 10.9. The summed E-state index contributed by atoms with van der Waals surface area (Å²) in [4.78, 5) is 20.1. The van der Waals surface area contributed by atoms with Crippen LogP contribution in [0.4, 0.5) is 17.1 Å². The monoisotopic (exact) mass is 409 g/mol. The summed E-state index contributed by atoms with van der Waals surface area (Å²) in [6, 6.07) is 6.73. The summed E-state index contributed by atoms with van der Waals surface area (Å²) in [5.41, 5.74) is 2.40. The summed E-state index contributed by atoms with van der Waals surface area (Å²) in [7, 11) is 0. The van der Waals surface area contributed by atoms with E-state index >= 15 is 0 Å². The topological polar surface area (TPSA) is 143 Å². The number of nitrogens with zero attached hydrogens (tertiary/aromatic N) is 3. The van der Waals surface area contributed by atoms with Gasteiger partial charge in [-0.2, -0.15) is 5.10 Å². The zero-order valence-corrected chi connectivity index (χ0v) is 15.2. The van der Waals surface area contributed by atoms with Gasteiger partial charge in [0, 0.05) is 16.8 Å². The number of rotatable bonds is 5. The first kappa shape index (κ1) is 20.0. The number of nitro groups is 2. The number of phenols is 1. The number of phenolic OH excluding ortho intramolecular Hbond substituents is 1. The van der Waals surface area contributed by atoms with Crippen molar-refractivity contribution in [2.75, 3.05) is 5.32 Å². The molecule has 0 saturated carbocycles. The van der Waals surface area contributed by atoms with Gasteiger partial charge in [-0.1, -0.05) is 11.6 Å². The second kappa shape index (κ2) is 8.38. The van der Waals surface area contributed by atoms with Crippen molar-refractivity contribution in [3.63, 3.8) is 0 Å². The first-order chi connectivity index (χ1) is 12.7. The van der Waals surface area contributed by atoms with Crippen molar-refractivity contribution < 1.29 is 15.0 Å². The number of non-ortho nitro benzene ring substituents is 1. The minimum absolute atomic E-state index is 0.0936. The Morgan fingerprint density at radius 1 is 1.26 bits per heavy atom. The smallest absolute Gasteiger partial charge is 0.318 e. The van der Waals surface area contributed by atoms with Gasteiger partial charge in [0.25, 0.3) is 5.69 Å². The quantitative estimate of drug-likeness (QED) is 0.294. The van der Waals surface area contributed by atoms with Gasteiger partial charge in [-0.05, 0) is 42.9 Å². The predicted octanol–water partition coefficient (Wildman–Crippen LogP) is 3.49. The van der Waals surface area contributed by atoms with Crippen LogP contribution in [0, 0.1) is 27.2 Å². The van der Waals surface area contributed by atoms with E-state index in [1.54, 1.807) is 18.2 Å². The highest BCUT2D eigenvalue weighted by Crippen LogP contribution is 2.33. The zero-order chi connectivity index (χ0) is 20.1. The summed E-state index contributed by atoms with van der Waals surface area (Å²) in [5.74, 6) is -0.747. The molecule has 2 aromatic rings. The second-order valence-electron chi connectivity index (χ2n) is 5.20. The van der Waals surface area contributed by atoms with Crippen LogP contribution in [0.1, 0.15) is 11.1 Å². The molecule has 0 fully saturated rings. The average molecular weight is 410 g/mol. The number of aromatic hydroxyl groups is 1. The van der Waals surface area contributed by atoms with E-state index in [0.717, 1.165) is 17.8 Å². The van der Waals surface area contributed by atoms with Gasteiger partial charge >= 0.3 is 5.69 Å². The lowest BCUT2D eigenvalue weighted by Crippen LogP contribution is -2.24. The minimum Gasteiger partial charge on any atom is -0.502 e. The van der Waals surface area contributed by atoms with Crippen LogP contribution in [-0.4, -0.2) is 26.3 Å². The molecule has 0 amide bonds. The number of nitro benzene ring substituents is 2. The molecule has 0 radical (unpaired) electrons. The molecule has 0 unspecified atom stereocenters. The fourth-order valence-electron chi connectivity index (χ4n) is 2.05. The summed E-state index contributed by atoms with van der Waals surface area (Å²) in [5, 5.41) is 38.9. The van der Waals surface area contributed by atoms with Crippen molar-refractivity contribution >= 4 is 52.2 Å². The molecule has 3 N–H and O–H groups in total. The van der Waals surface area contributed by atoms with Crippen LogP contribution in [-0.2, 0) is 0 Å². The number of nitrogens with one attached hydrogen (secondary N) is 2. The molecule has 0 heterocycles. The Balaban J connectivity index is 2.16. The molecule has 0 aliphatic rings. The number of aryl methyl sites for hydroxylation is 1. The fourth-order valence-corrected chi connectivity index (χ4v) is 2.44. The van der Waals surface area contributed by atoms with E-state index < -0.39 is 27.0 Å². The molecule has 0 aliphatic carbocycles. The maximum atomic E-state index is 10.9. The van der Waals surface area contributed by atoms with Gasteiger partial charge in [-0.15, -0.1) is 0 Å². The molecule has 0 aliphatic heterocycles. The molecule has 10 nitrogen and oxygen atoms in total. The van der Waals surface area contributed by atoms with Crippen molar-refractivity contribution in [1.29, 1.82) is 0 Å². The number of anilines is 1. The highest BCUT2D eigenvalue weighted by atomic mass is 35.5. The molecule has 0 saturated heterocycles. The Morgan fingerprint density at radius 2 is 1.96 bits per heavy atom. The summed E-state index contributed by atoms with van der Waals surface area (Å²) < 4.78 is 0. The number of thiocarbonyl (C=S) groups is 1. The van der Waals surface area contributed by atoms with Crippen LogP contribution in [0.2, 0.25) is 5.02 Å². The first-order valence-corrected chi connectivity index (χ1v) is 7.99. The van der Waals surface area contributed by atoms with Gasteiger partial charge in [-0.3, -0.25) is 25.7 Å². The van der Waals surface area contributed by atoms with Crippen molar-refractivity contribution in [1.82, 2.24) is 5.43 Å². The Hall–Kier alpha value is -3.31. The van der Waals surface area contributed by atoms with Crippen LogP contribution in [0.25, 0.3) is 0 Å². The molecule has 140 valence electrons. The average Bonchev–Trinajstić information content (AvgIpc) is 2.58. The number of halogens is 1. The number of hydrogen-bond donors (Lipinski definition) is 3. The molecule has 0 atom stereocenters. The highest BCUT2D eigenvalue weighted by molar-refractivity contribution is 7.80. The van der Waals surface area contributed by atoms with Gasteiger partial charge in [0.1, 0.15) is 0 Å². The molecule has 2 rings (SSSR count). The molecule has 0 bridgehead atoms. The van der Waals surface area contributed by atoms with Crippen molar-refractivity contribution in [3.05, 3.63) is 66.7 Å². The lowest BCUT2D eigenvalue weighted by atomic mass is 10.1. The van der Waals surface area contributed by atoms with E-state index in [1.807, 2.05) is 6.92 Å². The molecular formula is C15H12ClN5O5S. The standard InChI is InChI=1S/C15H12ClN5O5S/c1-8-4-10(16)2-3-12(8)18-15(27)19-17-7-9-5-11(20(23)24)6-13(14(9)22)21(25)26/h2-7,22H,1H3,(H2,18,19,27). The molecule has 0 spiro atoms. The Bertz CT molecular complexity index is 966. The summed E-state index contributed by atoms with van der Waals surface area (Å²) in [6.07, 6.45) is 0.984. The van der Waals surface area contributed by atoms with Crippen LogP contribution in [0.5, 0.6) is 5.75 Å². The molecular weight excluding hydrogens is 398 g/mol. The van der Waals surface area contributed by atoms with Crippen LogP contribution >= 0.6 is 23.8 Å². The van der Waals surface area contributed by atoms with E-state index in [9.17, 15) is 25.3 Å². The van der Waals surface area contributed by atoms with Crippen molar-refractivity contribution in [2.24, 2.45) is 5.10 Å². The van der Waals surface area contributed by atoms with Gasteiger partial charge < -0.3 is 10.4 Å². The third-order valence-electron chi connectivity index (χ3n) is 3.32. The summed E-state index contributed by atoms with van der Waals surface area (Å²) in [6.45, 7) is 1.82. The molecule has 12 heteroatoms. The van der Waals surface area contributed by atoms with E-state index in [4.69, 9.17) is 23.8 Å². The normalized spacial score (nSPS) is 10.6. The van der Waals surface area contributed by atoms with Crippen LogP contribution in [0.15, 0.2) is 35.4 Å². The number of hydrazone groups is 1. The van der Waals surface area contributed by atoms with E-state index in [1.165, 1.54) is 0 Å². The molecule has 27 heavy (non-hydrogen) atoms. The lowest BCUT2D eigenvalue weighted by Gasteiger charge is -2.10. The predicted molar refractivity (Wildman–Crippen MR) is 105 cm³/mol. The van der Waals surface area contributed by atoms with Crippen LogP contribution in [0.3, 0.4) is 0 Å². The van der Waals surface area contributed by atoms with Crippen LogP contribution < -0.4 is 10.7 Å². The SMILES string of the molecule is Cc1cc(Cl)ccc1NC(=S)NN=Cc1cc([N+](=O)[O-])cc([N+](=O)[O-])c1O. The van der Waals surface area contributed by atoms with Gasteiger partial charge in [0.05, 0.1) is 27.7 Å². The van der Waals surface area contributed by atoms with Gasteiger partial charge in [-0.25, -0.2) is 0 Å². The molecule has 0 aromatic heterocycles.